The normalized spacial score (nSPS) is 22.4. The van der Waals surface area contributed by atoms with Gasteiger partial charge in [0.05, 0.1) is 0 Å². The average Bonchev–Trinajstić information content (AvgIpc) is 3.28. The first-order chi connectivity index (χ1) is 14.0. The summed E-state index contributed by atoms with van der Waals surface area (Å²) >= 11 is 0. The molecule has 0 saturated carbocycles. The van der Waals surface area contributed by atoms with Crippen molar-refractivity contribution in [2.75, 3.05) is 20.1 Å². The van der Waals surface area contributed by atoms with E-state index in [0.717, 1.165) is 13.1 Å². The summed E-state index contributed by atoms with van der Waals surface area (Å²) in [6.07, 6.45) is 9.32. The van der Waals surface area contributed by atoms with Crippen molar-refractivity contribution in [3.05, 3.63) is 52.7 Å². The Bertz CT molecular complexity index is 1090. The second kappa shape index (κ2) is 7.10. The molecule has 1 saturated heterocycles. The lowest BCUT2D eigenvalue weighted by molar-refractivity contribution is -0.495. The highest BCUT2D eigenvalue weighted by atomic mass is 15.4. The van der Waals surface area contributed by atoms with Gasteiger partial charge in [0.25, 0.3) is 0 Å². The highest BCUT2D eigenvalue weighted by molar-refractivity contribution is 6.15. The van der Waals surface area contributed by atoms with E-state index in [-0.39, 0.29) is 5.92 Å². The zero-order valence-corrected chi connectivity index (χ0v) is 17.9. The highest BCUT2D eigenvalue weighted by Crippen LogP contribution is 2.38. The second-order valence-electron chi connectivity index (χ2n) is 9.08. The van der Waals surface area contributed by atoms with Gasteiger partial charge in [-0.15, -0.1) is 0 Å². The van der Waals surface area contributed by atoms with Crippen molar-refractivity contribution < 1.29 is 4.68 Å². The molecule has 2 aromatic rings. The van der Waals surface area contributed by atoms with E-state index in [4.69, 9.17) is 0 Å². The number of rotatable bonds is 3. The smallest absolute Gasteiger partial charge is 0.185 e. The Balaban J connectivity index is 1.62. The molecule has 1 aromatic heterocycles. The van der Waals surface area contributed by atoms with Gasteiger partial charge in [0.2, 0.25) is 0 Å². The molecular formula is C25H31N4+. The van der Waals surface area contributed by atoms with Gasteiger partial charge in [0.15, 0.2) is 13.3 Å². The number of allylic oxidation sites excluding steroid dienone is 4. The minimum atomic E-state index is 0.275. The van der Waals surface area contributed by atoms with Crippen LogP contribution in [0.25, 0.3) is 16.5 Å². The van der Waals surface area contributed by atoms with Gasteiger partial charge in [-0.2, -0.15) is 0 Å². The van der Waals surface area contributed by atoms with Crippen molar-refractivity contribution in [2.45, 2.75) is 45.4 Å². The Labute approximate surface area is 173 Å². The number of hydrogen-bond acceptors (Lipinski definition) is 2. The van der Waals surface area contributed by atoms with Gasteiger partial charge in [-0.05, 0) is 90.3 Å². The third kappa shape index (κ3) is 3.20. The summed E-state index contributed by atoms with van der Waals surface area (Å²) in [5.74, 6) is 1.41. The molecule has 2 aliphatic heterocycles. The second-order valence-corrected chi connectivity index (χ2v) is 9.08. The van der Waals surface area contributed by atoms with Crippen LogP contribution in [-0.4, -0.2) is 41.7 Å². The van der Waals surface area contributed by atoms with Crippen molar-refractivity contribution in [2.24, 2.45) is 11.0 Å². The Morgan fingerprint density at radius 2 is 1.97 bits per heavy atom. The predicted octanol–water partition coefficient (Wildman–Crippen LogP) is 4.80. The molecule has 29 heavy (non-hydrogen) atoms. The van der Waals surface area contributed by atoms with Crippen LogP contribution in [0.3, 0.4) is 0 Å². The average molecular weight is 388 g/mol. The lowest BCUT2D eigenvalue weighted by atomic mass is 9.85. The van der Waals surface area contributed by atoms with Crippen molar-refractivity contribution in [3.63, 3.8) is 0 Å². The Hall–Kier alpha value is -2.46. The summed E-state index contributed by atoms with van der Waals surface area (Å²) in [7, 11) is 2.01. The molecule has 1 atom stereocenters. The first-order valence-electron chi connectivity index (χ1n) is 10.9. The SMILES string of the molecule is CC1=CC(c2[nH]c3ccc(C4CCNCC4)cc3c2C(C)C)=CC2C=[N+](C)N=C12. The van der Waals surface area contributed by atoms with Crippen LogP contribution in [0.2, 0.25) is 0 Å². The Morgan fingerprint density at radius 3 is 2.72 bits per heavy atom. The van der Waals surface area contributed by atoms with E-state index in [9.17, 15) is 0 Å². The number of fused-ring (bicyclic) bond motifs is 2. The fourth-order valence-electron chi connectivity index (χ4n) is 5.21. The number of aromatic amines is 1. The van der Waals surface area contributed by atoms with Crippen LogP contribution in [0.4, 0.5) is 0 Å². The Kier molecular flexibility index (Phi) is 4.54. The Morgan fingerprint density at radius 1 is 1.17 bits per heavy atom. The van der Waals surface area contributed by atoms with Crippen LogP contribution < -0.4 is 5.32 Å². The van der Waals surface area contributed by atoms with Crippen molar-refractivity contribution >= 4 is 28.4 Å². The molecule has 1 aliphatic carbocycles. The van der Waals surface area contributed by atoms with Crippen LogP contribution in [0.15, 0.2) is 41.0 Å². The minimum absolute atomic E-state index is 0.275. The maximum Gasteiger partial charge on any atom is 0.185 e. The van der Waals surface area contributed by atoms with E-state index in [0.29, 0.717) is 11.8 Å². The minimum Gasteiger partial charge on any atom is -0.354 e. The van der Waals surface area contributed by atoms with Crippen LogP contribution in [0, 0.1) is 5.92 Å². The van der Waals surface area contributed by atoms with E-state index in [1.54, 1.807) is 0 Å². The van der Waals surface area contributed by atoms with Gasteiger partial charge in [-0.3, -0.25) is 0 Å². The van der Waals surface area contributed by atoms with E-state index in [1.165, 1.54) is 57.4 Å². The third-order valence-electron chi connectivity index (χ3n) is 6.63. The summed E-state index contributed by atoms with van der Waals surface area (Å²) in [6, 6.07) is 7.09. The number of piperidine rings is 1. The van der Waals surface area contributed by atoms with Gasteiger partial charge < -0.3 is 10.3 Å². The number of nitrogens with zero attached hydrogens (tertiary/aromatic N) is 2. The number of nitrogens with one attached hydrogen (secondary N) is 2. The third-order valence-corrected chi connectivity index (χ3v) is 6.63. The van der Waals surface area contributed by atoms with E-state index in [2.05, 4.69) is 72.7 Å². The summed E-state index contributed by atoms with van der Waals surface area (Å²) in [5.41, 5.74) is 9.19. The molecule has 5 rings (SSSR count). The standard InChI is InChI=1S/C25H31N4/c1-15(2)23-21-13-18(17-7-9-26-10-8-17)5-6-22(21)27-25(23)19-11-16(3)24-20(12-19)14-29(4)28-24/h5-6,11-15,17,20,26-27H,7-10H2,1-4H3/q+1. The predicted molar refractivity (Wildman–Crippen MR) is 122 cm³/mol. The van der Waals surface area contributed by atoms with Crippen LogP contribution in [0.1, 0.15) is 62.3 Å². The van der Waals surface area contributed by atoms with Crippen molar-refractivity contribution in [3.8, 4) is 0 Å². The van der Waals surface area contributed by atoms with E-state index in [1.807, 2.05) is 11.7 Å². The van der Waals surface area contributed by atoms with E-state index >= 15 is 0 Å². The molecule has 1 unspecified atom stereocenters. The van der Waals surface area contributed by atoms with Crippen molar-refractivity contribution in [1.82, 2.24) is 10.3 Å². The molecule has 2 N–H and O–H groups in total. The monoisotopic (exact) mass is 387 g/mol. The number of hydrogen-bond donors (Lipinski definition) is 2. The molecule has 0 bridgehead atoms. The fourth-order valence-corrected chi connectivity index (χ4v) is 5.21. The molecule has 3 aliphatic rings. The number of benzene rings is 1. The van der Waals surface area contributed by atoms with Gasteiger partial charge >= 0.3 is 0 Å². The van der Waals surface area contributed by atoms with Gasteiger partial charge in [0.1, 0.15) is 11.6 Å². The van der Waals surface area contributed by atoms with Gasteiger partial charge in [-0.1, -0.05) is 30.7 Å². The molecular weight excluding hydrogens is 356 g/mol. The maximum atomic E-state index is 4.65. The zero-order chi connectivity index (χ0) is 20.1. The summed E-state index contributed by atoms with van der Waals surface area (Å²) in [6.45, 7) is 9.06. The highest BCUT2D eigenvalue weighted by Gasteiger charge is 2.30. The largest absolute Gasteiger partial charge is 0.354 e. The molecule has 0 amide bonds. The first-order valence-corrected chi connectivity index (χ1v) is 10.9. The summed E-state index contributed by atoms with van der Waals surface area (Å²) in [5, 5.41) is 9.53. The number of aromatic nitrogens is 1. The quantitative estimate of drug-likeness (QED) is 0.730. The molecule has 4 heteroatoms. The topological polar surface area (TPSA) is 43.2 Å². The maximum absolute atomic E-state index is 4.65. The zero-order valence-electron chi connectivity index (χ0n) is 17.9. The molecule has 0 radical (unpaired) electrons. The van der Waals surface area contributed by atoms with Crippen LogP contribution in [0.5, 0.6) is 0 Å². The molecule has 1 fully saturated rings. The molecule has 3 heterocycles. The number of H-pyrrole nitrogens is 1. The van der Waals surface area contributed by atoms with Gasteiger partial charge in [-0.25, -0.2) is 0 Å². The number of hydrazone groups is 1. The molecule has 4 nitrogen and oxygen atoms in total. The van der Waals surface area contributed by atoms with Crippen LogP contribution >= 0.6 is 0 Å². The van der Waals surface area contributed by atoms with Crippen molar-refractivity contribution in [1.29, 1.82) is 0 Å². The molecule has 150 valence electrons. The first kappa shape index (κ1) is 18.6. The molecule has 1 aromatic carbocycles. The molecule has 0 spiro atoms. The van der Waals surface area contributed by atoms with Gasteiger partial charge in [0, 0.05) is 16.6 Å². The lowest BCUT2D eigenvalue weighted by Crippen LogP contribution is -2.26. The lowest BCUT2D eigenvalue weighted by Gasteiger charge is -2.23. The van der Waals surface area contributed by atoms with E-state index < -0.39 is 0 Å². The van der Waals surface area contributed by atoms with Crippen LogP contribution in [-0.2, 0) is 0 Å². The summed E-state index contributed by atoms with van der Waals surface area (Å²) < 4.78 is 1.94. The fraction of sp³-hybridized carbons (Fsp3) is 0.440. The summed E-state index contributed by atoms with van der Waals surface area (Å²) in [4.78, 5) is 3.76.